The zero-order chi connectivity index (χ0) is 23.6. The largest absolute Gasteiger partial charge is 0.445 e. The molecule has 0 aromatic heterocycles. The Labute approximate surface area is 196 Å². The minimum atomic E-state index is -0.469. The van der Waals surface area contributed by atoms with E-state index in [-0.39, 0.29) is 12.5 Å². The highest BCUT2D eigenvalue weighted by atomic mass is 16.5. The van der Waals surface area contributed by atoms with E-state index in [1.807, 2.05) is 79.7 Å². The van der Waals surface area contributed by atoms with Gasteiger partial charge >= 0.3 is 6.09 Å². The summed E-state index contributed by atoms with van der Waals surface area (Å²) in [6, 6.07) is 23.2. The van der Waals surface area contributed by atoms with Crippen molar-refractivity contribution in [1.29, 1.82) is 0 Å². The van der Waals surface area contributed by atoms with Crippen LogP contribution >= 0.6 is 0 Å². The van der Waals surface area contributed by atoms with Crippen molar-refractivity contribution in [3.63, 3.8) is 0 Å². The summed E-state index contributed by atoms with van der Waals surface area (Å²) in [6.07, 6.45) is 0.475. The van der Waals surface area contributed by atoms with Gasteiger partial charge in [0, 0.05) is 18.7 Å². The Balaban J connectivity index is 1.69. The van der Waals surface area contributed by atoms with E-state index in [9.17, 15) is 9.59 Å². The number of alkyl carbamates (subject to hydrolysis) is 1. The van der Waals surface area contributed by atoms with Crippen LogP contribution in [0.3, 0.4) is 0 Å². The van der Waals surface area contributed by atoms with E-state index in [1.54, 1.807) is 0 Å². The maximum Gasteiger partial charge on any atom is 0.407 e. The number of carbonyl (C=O) groups is 2. The molecule has 5 heteroatoms. The van der Waals surface area contributed by atoms with Crippen LogP contribution < -0.4 is 10.6 Å². The Kier molecular flexibility index (Phi) is 8.64. The summed E-state index contributed by atoms with van der Waals surface area (Å²) in [5, 5.41) is 5.83. The summed E-state index contributed by atoms with van der Waals surface area (Å²) in [6.45, 7) is 7.51. The highest BCUT2D eigenvalue weighted by Gasteiger charge is 2.13. The zero-order valence-electron chi connectivity index (χ0n) is 19.6. The van der Waals surface area contributed by atoms with Crippen LogP contribution in [0.2, 0.25) is 0 Å². The van der Waals surface area contributed by atoms with Gasteiger partial charge in [-0.15, -0.1) is 0 Å². The summed E-state index contributed by atoms with van der Waals surface area (Å²) >= 11 is 0. The Morgan fingerprint density at radius 3 is 2.36 bits per heavy atom. The molecule has 3 aromatic carbocycles. The van der Waals surface area contributed by atoms with Crippen molar-refractivity contribution >= 4 is 12.0 Å². The van der Waals surface area contributed by atoms with Crippen LogP contribution in [0.4, 0.5) is 4.79 Å². The lowest BCUT2D eigenvalue weighted by Crippen LogP contribution is -2.25. The van der Waals surface area contributed by atoms with Crippen molar-refractivity contribution in [2.75, 3.05) is 6.54 Å². The maximum atomic E-state index is 12.6. The lowest BCUT2D eigenvalue weighted by atomic mass is 9.94. The van der Waals surface area contributed by atoms with E-state index in [1.165, 1.54) is 0 Å². The molecule has 0 atom stereocenters. The number of amides is 2. The molecule has 0 spiro atoms. The summed E-state index contributed by atoms with van der Waals surface area (Å²) < 4.78 is 5.32. The lowest BCUT2D eigenvalue weighted by Gasteiger charge is -2.15. The second-order valence-corrected chi connectivity index (χ2v) is 8.54. The van der Waals surface area contributed by atoms with Gasteiger partial charge in [-0.3, -0.25) is 4.79 Å². The van der Waals surface area contributed by atoms with E-state index >= 15 is 0 Å². The van der Waals surface area contributed by atoms with Crippen LogP contribution in [-0.4, -0.2) is 18.5 Å². The van der Waals surface area contributed by atoms with Crippen molar-refractivity contribution in [2.45, 2.75) is 40.3 Å². The van der Waals surface area contributed by atoms with Crippen molar-refractivity contribution in [2.24, 2.45) is 5.92 Å². The molecule has 0 aliphatic rings. The molecule has 33 heavy (non-hydrogen) atoms. The molecule has 0 aliphatic heterocycles. The predicted octanol–water partition coefficient (Wildman–Crippen LogP) is 5.86. The third-order valence-electron chi connectivity index (χ3n) is 5.45. The van der Waals surface area contributed by atoms with Gasteiger partial charge in [-0.05, 0) is 59.2 Å². The van der Waals surface area contributed by atoms with Gasteiger partial charge in [0.15, 0.2) is 0 Å². The molecule has 3 aromatic rings. The number of hydrogen-bond acceptors (Lipinski definition) is 3. The molecule has 2 N–H and O–H groups in total. The van der Waals surface area contributed by atoms with Gasteiger partial charge in [0.2, 0.25) is 0 Å². The third-order valence-corrected chi connectivity index (χ3v) is 5.45. The minimum Gasteiger partial charge on any atom is -0.445 e. The third kappa shape index (κ3) is 7.21. The number of carbonyl (C=O) groups excluding carboxylic acids is 2. The minimum absolute atomic E-state index is 0.0722. The van der Waals surface area contributed by atoms with E-state index in [0.717, 1.165) is 34.2 Å². The fraction of sp³-hybridized carbons (Fsp3) is 0.286. The molecule has 0 unspecified atom stereocenters. The highest BCUT2D eigenvalue weighted by Crippen LogP contribution is 2.28. The van der Waals surface area contributed by atoms with E-state index in [2.05, 4.69) is 24.5 Å². The molecule has 0 saturated heterocycles. The molecular weight excluding hydrogens is 412 g/mol. The molecule has 0 fully saturated rings. The second-order valence-electron chi connectivity index (χ2n) is 8.54. The first-order chi connectivity index (χ1) is 15.9. The molecule has 172 valence electrons. The number of benzene rings is 3. The highest BCUT2D eigenvalue weighted by molar-refractivity contribution is 5.96. The lowest BCUT2D eigenvalue weighted by molar-refractivity contribution is 0.0952. The topological polar surface area (TPSA) is 67.4 Å². The monoisotopic (exact) mass is 444 g/mol. The molecule has 5 nitrogen and oxygen atoms in total. The summed E-state index contributed by atoms with van der Waals surface area (Å²) in [5.41, 5.74) is 5.54. The maximum absolute atomic E-state index is 12.6. The SMILES string of the molecule is Cc1ccc(C(=O)NCCC(C)C)cc1-c1ccccc1CNC(=O)OCc1ccccc1. The molecule has 2 amide bonds. The van der Waals surface area contributed by atoms with Crippen molar-refractivity contribution in [1.82, 2.24) is 10.6 Å². The van der Waals surface area contributed by atoms with E-state index in [4.69, 9.17) is 4.74 Å². The molecule has 0 radical (unpaired) electrons. The standard InChI is InChI=1S/C28H32N2O3/c1-20(2)15-16-29-27(31)23-14-13-21(3)26(17-23)25-12-8-7-11-24(25)18-30-28(32)33-19-22-9-5-4-6-10-22/h4-14,17,20H,15-16,18-19H2,1-3H3,(H,29,31)(H,30,32). The summed E-state index contributed by atoms with van der Waals surface area (Å²) in [7, 11) is 0. The Hall–Kier alpha value is -3.60. The number of rotatable bonds is 9. The molecule has 0 saturated carbocycles. The van der Waals surface area contributed by atoms with Crippen LogP contribution in [0.15, 0.2) is 72.8 Å². The summed E-state index contributed by atoms with van der Waals surface area (Å²) in [4.78, 5) is 24.8. The van der Waals surface area contributed by atoms with E-state index in [0.29, 0.717) is 24.6 Å². The van der Waals surface area contributed by atoms with Crippen LogP contribution in [0.1, 0.15) is 47.3 Å². The first kappa shape index (κ1) is 24.1. The van der Waals surface area contributed by atoms with Crippen molar-refractivity contribution < 1.29 is 14.3 Å². The van der Waals surface area contributed by atoms with Crippen LogP contribution in [-0.2, 0) is 17.9 Å². The van der Waals surface area contributed by atoms with E-state index < -0.39 is 6.09 Å². The van der Waals surface area contributed by atoms with Crippen molar-refractivity contribution in [3.05, 3.63) is 95.1 Å². The van der Waals surface area contributed by atoms with Gasteiger partial charge in [0.25, 0.3) is 5.91 Å². The fourth-order valence-electron chi connectivity index (χ4n) is 3.51. The first-order valence-corrected chi connectivity index (χ1v) is 11.4. The fourth-order valence-corrected chi connectivity index (χ4v) is 3.51. The molecule has 0 bridgehead atoms. The van der Waals surface area contributed by atoms with Crippen LogP contribution in [0, 0.1) is 12.8 Å². The molecule has 0 aliphatic carbocycles. The number of hydrogen-bond donors (Lipinski definition) is 2. The summed E-state index contributed by atoms with van der Waals surface area (Å²) in [5.74, 6) is 0.467. The smallest absolute Gasteiger partial charge is 0.407 e. The van der Waals surface area contributed by atoms with Gasteiger partial charge in [-0.2, -0.15) is 0 Å². The first-order valence-electron chi connectivity index (χ1n) is 11.4. The Bertz CT molecular complexity index is 1080. The Morgan fingerprint density at radius 2 is 1.61 bits per heavy atom. The van der Waals surface area contributed by atoms with Gasteiger partial charge in [0.05, 0.1) is 0 Å². The molecule has 3 rings (SSSR count). The number of ether oxygens (including phenoxy) is 1. The van der Waals surface area contributed by atoms with Gasteiger partial charge in [0.1, 0.15) is 6.61 Å². The second kappa shape index (κ2) is 11.9. The van der Waals surface area contributed by atoms with Crippen LogP contribution in [0.5, 0.6) is 0 Å². The Morgan fingerprint density at radius 1 is 0.879 bits per heavy atom. The number of nitrogens with one attached hydrogen (secondary N) is 2. The predicted molar refractivity (Wildman–Crippen MR) is 132 cm³/mol. The normalized spacial score (nSPS) is 10.7. The zero-order valence-corrected chi connectivity index (χ0v) is 19.6. The average molecular weight is 445 g/mol. The molecular formula is C28H32N2O3. The number of aryl methyl sites for hydroxylation is 1. The van der Waals surface area contributed by atoms with Crippen molar-refractivity contribution in [3.8, 4) is 11.1 Å². The van der Waals surface area contributed by atoms with Gasteiger partial charge in [-0.1, -0.05) is 74.5 Å². The van der Waals surface area contributed by atoms with Crippen LogP contribution in [0.25, 0.3) is 11.1 Å². The quantitative estimate of drug-likeness (QED) is 0.434. The molecule has 0 heterocycles. The average Bonchev–Trinajstić information content (AvgIpc) is 2.82. The van der Waals surface area contributed by atoms with Gasteiger partial charge in [-0.25, -0.2) is 4.79 Å². The van der Waals surface area contributed by atoms with Gasteiger partial charge < -0.3 is 15.4 Å².